The summed E-state index contributed by atoms with van der Waals surface area (Å²) in [4.78, 5) is 12.4. The summed E-state index contributed by atoms with van der Waals surface area (Å²) in [7, 11) is 1.52. The molecule has 2 N–H and O–H groups in total. The monoisotopic (exact) mass is 478 g/mol. The summed E-state index contributed by atoms with van der Waals surface area (Å²) in [5.74, 6) is 0.638. The Morgan fingerprint density at radius 2 is 1.72 bits per heavy atom. The predicted molar refractivity (Wildman–Crippen MR) is 134 cm³/mol. The van der Waals surface area contributed by atoms with Crippen LogP contribution >= 0.6 is 0 Å². The van der Waals surface area contributed by atoms with E-state index in [-0.39, 0.29) is 18.2 Å². The highest BCUT2D eigenvalue weighted by Gasteiger charge is 2.32. The van der Waals surface area contributed by atoms with Crippen LogP contribution in [0, 0.1) is 11.3 Å². The van der Waals surface area contributed by atoms with Gasteiger partial charge in [0.2, 0.25) is 5.88 Å². The largest absolute Gasteiger partial charge is 0.493 e. The molecule has 7 heteroatoms. The number of esters is 1. The molecule has 0 aromatic heterocycles. The molecule has 5 rings (SSSR count). The van der Waals surface area contributed by atoms with Gasteiger partial charge in [0.05, 0.1) is 13.0 Å². The third kappa shape index (κ3) is 4.28. The highest BCUT2D eigenvalue weighted by molar-refractivity contribution is 5.87. The zero-order valence-corrected chi connectivity index (χ0v) is 19.4. The van der Waals surface area contributed by atoms with Crippen LogP contribution in [0.1, 0.15) is 17.0 Å². The summed E-state index contributed by atoms with van der Waals surface area (Å²) in [6.45, 7) is -0.308. The highest BCUT2D eigenvalue weighted by Crippen LogP contribution is 2.45. The number of carbonyl (C=O) groups is 1. The smallest absolute Gasteiger partial charge is 0.349 e. The van der Waals surface area contributed by atoms with Crippen LogP contribution < -0.4 is 24.7 Å². The van der Waals surface area contributed by atoms with E-state index in [1.807, 2.05) is 42.5 Å². The normalized spacial score (nSPS) is 14.4. The Hall–Kier alpha value is -4.96. The maximum Gasteiger partial charge on any atom is 0.349 e. The average Bonchev–Trinajstić information content (AvgIpc) is 2.91. The van der Waals surface area contributed by atoms with Crippen molar-refractivity contribution in [1.29, 1.82) is 5.26 Å². The second-order valence-electron chi connectivity index (χ2n) is 8.11. The fraction of sp³-hybridized carbons (Fsp3) is 0.103. The molecular formula is C29H22N2O5. The molecule has 36 heavy (non-hydrogen) atoms. The van der Waals surface area contributed by atoms with Gasteiger partial charge in [0, 0.05) is 11.6 Å². The standard InChI is InChI=1S/C29H22N2O5/c1-33-24-11-4-5-12-25(24)34-17-27(32)35-19-13-14-22-26(15-19)36-29(31)23(16-30)28(22)21-10-6-8-18-7-2-3-9-20(18)21/h2-15,28H,17,31H2,1H3. The number of nitriles is 1. The molecule has 0 fully saturated rings. The molecule has 178 valence electrons. The molecule has 0 saturated heterocycles. The Bertz CT molecular complexity index is 1530. The van der Waals surface area contributed by atoms with Crippen molar-refractivity contribution in [2.75, 3.05) is 13.7 Å². The van der Waals surface area contributed by atoms with Crippen molar-refractivity contribution in [3.8, 4) is 29.1 Å². The molecule has 0 amide bonds. The summed E-state index contributed by atoms with van der Waals surface area (Å²) in [6.07, 6.45) is 0. The summed E-state index contributed by atoms with van der Waals surface area (Å²) in [5, 5.41) is 12.0. The van der Waals surface area contributed by atoms with Gasteiger partial charge in [0.25, 0.3) is 0 Å². The molecule has 1 unspecified atom stereocenters. The van der Waals surface area contributed by atoms with Crippen LogP contribution in [0.25, 0.3) is 10.8 Å². The topological polar surface area (TPSA) is 104 Å². The van der Waals surface area contributed by atoms with Crippen LogP contribution in [0.3, 0.4) is 0 Å². The van der Waals surface area contributed by atoms with Crippen LogP contribution in [0.5, 0.6) is 23.0 Å². The van der Waals surface area contributed by atoms with Gasteiger partial charge in [0.1, 0.15) is 23.1 Å². The van der Waals surface area contributed by atoms with Gasteiger partial charge in [-0.2, -0.15) is 5.26 Å². The molecule has 1 aliphatic heterocycles. The van der Waals surface area contributed by atoms with Crippen LogP contribution in [0.2, 0.25) is 0 Å². The maximum absolute atomic E-state index is 12.4. The van der Waals surface area contributed by atoms with E-state index in [0.29, 0.717) is 22.8 Å². The number of benzene rings is 4. The number of hydrogen-bond donors (Lipinski definition) is 1. The van der Waals surface area contributed by atoms with Crippen LogP contribution in [0.4, 0.5) is 0 Å². The van der Waals surface area contributed by atoms with Crippen LogP contribution in [-0.2, 0) is 4.79 Å². The molecule has 1 heterocycles. The average molecular weight is 479 g/mol. The Labute approximate surface area is 207 Å². The maximum atomic E-state index is 12.4. The number of fused-ring (bicyclic) bond motifs is 2. The first-order valence-corrected chi connectivity index (χ1v) is 11.2. The van der Waals surface area contributed by atoms with Crippen molar-refractivity contribution in [2.45, 2.75) is 5.92 Å². The highest BCUT2D eigenvalue weighted by atomic mass is 16.6. The zero-order chi connectivity index (χ0) is 25.1. The lowest BCUT2D eigenvalue weighted by atomic mass is 9.81. The Kier molecular flexibility index (Phi) is 6.16. The van der Waals surface area contributed by atoms with Crippen molar-refractivity contribution >= 4 is 16.7 Å². The Balaban J connectivity index is 1.42. The van der Waals surface area contributed by atoms with Crippen LogP contribution in [-0.4, -0.2) is 19.7 Å². The van der Waals surface area contributed by atoms with Gasteiger partial charge in [-0.3, -0.25) is 0 Å². The SMILES string of the molecule is COc1ccccc1OCC(=O)Oc1ccc2c(c1)OC(N)=C(C#N)C2c1cccc2ccccc12. The van der Waals surface area contributed by atoms with Gasteiger partial charge in [-0.05, 0) is 34.5 Å². The van der Waals surface area contributed by atoms with E-state index >= 15 is 0 Å². The van der Waals surface area contributed by atoms with Crippen molar-refractivity contribution < 1.29 is 23.7 Å². The Morgan fingerprint density at radius 3 is 2.53 bits per heavy atom. The lowest BCUT2D eigenvalue weighted by molar-refractivity contribution is -0.136. The second-order valence-corrected chi connectivity index (χ2v) is 8.11. The molecule has 0 aliphatic carbocycles. The first-order valence-electron chi connectivity index (χ1n) is 11.2. The number of rotatable bonds is 6. The number of hydrogen-bond acceptors (Lipinski definition) is 7. The first-order chi connectivity index (χ1) is 17.6. The lowest BCUT2D eigenvalue weighted by Gasteiger charge is -2.27. The fourth-order valence-electron chi connectivity index (χ4n) is 4.36. The van der Waals surface area contributed by atoms with E-state index in [4.69, 9.17) is 24.7 Å². The minimum Gasteiger partial charge on any atom is -0.493 e. The summed E-state index contributed by atoms with van der Waals surface area (Å²) < 4.78 is 22.0. The van der Waals surface area contributed by atoms with Gasteiger partial charge in [0.15, 0.2) is 18.1 Å². The molecule has 0 spiro atoms. The molecule has 0 bridgehead atoms. The molecule has 7 nitrogen and oxygen atoms in total. The van der Waals surface area contributed by atoms with Gasteiger partial charge in [-0.15, -0.1) is 0 Å². The van der Waals surface area contributed by atoms with E-state index < -0.39 is 11.9 Å². The van der Waals surface area contributed by atoms with Crippen molar-refractivity contribution in [3.05, 3.63) is 108 Å². The van der Waals surface area contributed by atoms with Gasteiger partial charge in [-0.1, -0.05) is 60.7 Å². The number of nitrogens with zero attached hydrogens (tertiary/aromatic N) is 1. The third-order valence-corrected chi connectivity index (χ3v) is 5.97. The van der Waals surface area contributed by atoms with E-state index in [1.54, 1.807) is 42.5 Å². The molecule has 4 aromatic carbocycles. The molecule has 1 aliphatic rings. The van der Waals surface area contributed by atoms with E-state index in [1.165, 1.54) is 7.11 Å². The first kappa shape index (κ1) is 22.8. The quantitative estimate of drug-likeness (QED) is 0.305. The van der Waals surface area contributed by atoms with Gasteiger partial charge >= 0.3 is 5.97 Å². The van der Waals surface area contributed by atoms with Crippen LogP contribution in [0.15, 0.2) is 96.4 Å². The summed E-state index contributed by atoms with van der Waals surface area (Å²) in [6, 6.07) is 28.2. The number of ether oxygens (including phenoxy) is 4. The lowest BCUT2D eigenvalue weighted by Crippen LogP contribution is -2.22. The zero-order valence-electron chi connectivity index (χ0n) is 19.4. The minimum atomic E-state index is -0.594. The van der Waals surface area contributed by atoms with Crippen molar-refractivity contribution in [2.24, 2.45) is 5.73 Å². The fourth-order valence-corrected chi connectivity index (χ4v) is 4.36. The second kappa shape index (κ2) is 9.72. The van der Waals surface area contributed by atoms with E-state index in [9.17, 15) is 10.1 Å². The summed E-state index contributed by atoms with van der Waals surface area (Å²) in [5.41, 5.74) is 8.18. The number of carbonyl (C=O) groups excluding carboxylic acids is 1. The number of allylic oxidation sites excluding steroid dienone is 1. The van der Waals surface area contributed by atoms with E-state index in [0.717, 1.165) is 21.9 Å². The molecule has 0 saturated carbocycles. The number of nitrogens with two attached hydrogens (primary N) is 1. The summed E-state index contributed by atoms with van der Waals surface area (Å²) >= 11 is 0. The molecule has 1 atom stereocenters. The Morgan fingerprint density at radius 1 is 0.972 bits per heavy atom. The predicted octanol–water partition coefficient (Wildman–Crippen LogP) is 5.05. The molecule has 0 radical (unpaired) electrons. The molecular weight excluding hydrogens is 456 g/mol. The number of methoxy groups -OCH3 is 1. The number of para-hydroxylation sites is 2. The minimum absolute atomic E-state index is 0.0194. The van der Waals surface area contributed by atoms with Gasteiger partial charge < -0.3 is 24.7 Å². The van der Waals surface area contributed by atoms with E-state index in [2.05, 4.69) is 6.07 Å². The van der Waals surface area contributed by atoms with Crippen molar-refractivity contribution in [1.82, 2.24) is 0 Å². The molecule has 4 aromatic rings. The van der Waals surface area contributed by atoms with Crippen molar-refractivity contribution in [3.63, 3.8) is 0 Å². The third-order valence-electron chi connectivity index (χ3n) is 5.97. The van der Waals surface area contributed by atoms with Gasteiger partial charge in [-0.25, -0.2) is 4.79 Å².